The van der Waals surface area contributed by atoms with Gasteiger partial charge in [-0.05, 0) is 26.0 Å². The van der Waals surface area contributed by atoms with Gasteiger partial charge in [-0.15, -0.1) is 11.8 Å². The van der Waals surface area contributed by atoms with Gasteiger partial charge in [0.25, 0.3) is 0 Å². The van der Waals surface area contributed by atoms with Crippen LogP contribution in [0.15, 0.2) is 47.4 Å². The van der Waals surface area contributed by atoms with Crippen LogP contribution in [-0.4, -0.2) is 25.4 Å². The van der Waals surface area contributed by atoms with Crippen molar-refractivity contribution in [1.29, 1.82) is 0 Å². The summed E-state index contributed by atoms with van der Waals surface area (Å²) in [5.41, 5.74) is 1.86. The first-order valence-corrected chi connectivity index (χ1v) is 8.17. The third-order valence-corrected chi connectivity index (χ3v) is 4.43. The second-order valence-electron chi connectivity index (χ2n) is 5.16. The van der Waals surface area contributed by atoms with E-state index in [0.29, 0.717) is 17.2 Å². The molecule has 0 spiro atoms. The molecule has 4 nitrogen and oxygen atoms in total. The summed E-state index contributed by atoms with van der Waals surface area (Å²) in [6.07, 6.45) is 0. The van der Waals surface area contributed by atoms with Gasteiger partial charge in [-0.2, -0.15) is 0 Å². The molecule has 2 rings (SSSR count). The van der Waals surface area contributed by atoms with Crippen molar-refractivity contribution >= 4 is 23.4 Å². The molecular weight excluding hydrogens is 310 g/mol. The molecule has 0 heterocycles. The highest BCUT2D eigenvalue weighted by Crippen LogP contribution is 2.28. The van der Waals surface area contributed by atoms with Crippen LogP contribution in [0.1, 0.15) is 12.5 Å². The molecule has 0 saturated heterocycles. The Morgan fingerprint density at radius 3 is 2.13 bits per heavy atom. The van der Waals surface area contributed by atoms with Crippen LogP contribution < -0.4 is 14.8 Å². The maximum absolute atomic E-state index is 12.4. The van der Waals surface area contributed by atoms with Gasteiger partial charge in [-0.1, -0.05) is 17.7 Å². The second-order valence-corrected chi connectivity index (χ2v) is 6.58. The zero-order chi connectivity index (χ0) is 16.8. The average Bonchev–Trinajstić information content (AvgIpc) is 2.56. The van der Waals surface area contributed by atoms with E-state index >= 15 is 0 Å². The van der Waals surface area contributed by atoms with Gasteiger partial charge >= 0.3 is 0 Å². The van der Waals surface area contributed by atoms with Gasteiger partial charge in [0.2, 0.25) is 5.91 Å². The maximum atomic E-state index is 12.4. The minimum absolute atomic E-state index is 0.0640. The Bertz CT molecular complexity index is 648. The minimum Gasteiger partial charge on any atom is -0.497 e. The molecule has 23 heavy (non-hydrogen) atoms. The molecule has 2 aromatic carbocycles. The summed E-state index contributed by atoms with van der Waals surface area (Å²) < 4.78 is 10.4. The minimum atomic E-state index is -0.213. The number of thioether (sulfide) groups is 1. The van der Waals surface area contributed by atoms with Crippen LogP contribution in [0.25, 0.3) is 0 Å². The summed E-state index contributed by atoms with van der Waals surface area (Å²) in [4.78, 5) is 13.4. The van der Waals surface area contributed by atoms with Gasteiger partial charge in [0.15, 0.2) is 0 Å². The Balaban J connectivity index is 2.04. The molecule has 0 saturated carbocycles. The van der Waals surface area contributed by atoms with Crippen molar-refractivity contribution in [2.45, 2.75) is 24.0 Å². The molecule has 1 amide bonds. The number of anilines is 1. The third-order valence-electron chi connectivity index (χ3n) is 3.32. The lowest BCUT2D eigenvalue weighted by atomic mass is 10.2. The van der Waals surface area contributed by atoms with E-state index in [-0.39, 0.29) is 11.2 Å². The normalized spacial score (nSPS) is 11.7. The average molecular weight is 331 g/mol. The predicted molar refractivity (Wildman–Crippen MR) is 94.7 cm³/mol. The number of benzene rings is 2. The van der Waals surface area contributed by atoms with Gasteiger partial charge in [-0.25, -0.2) is 0 Å². The Labute approximate surface area is 141 Å². The SMILES string of the molecule is COc1cc(NC(=O)[C@@H](C)Sc2ccc(C)cc2)cc(OC)c1. The van der Waals surface area contributed by atoms with Crippen LogP contribution in [0, 0.1) is 6.92 Å². The van der Waals surface area contributed by atoms with E-state index < -0.39 is 0 Å². The molecule has 0 aromatic heterocycles. The van der Waals surface area contributed by atoms with Crippen LogP contribution in [0.2, 0.25) is 0 Å². The van der Waals surface area contributed by atoms with E-state index in [2.05, 4.69) is 5.32 Å². The highest BCUT2D eigenvalue weighted by Gasteiger charge is 2.15. The van der Waals surface area contributed by atoms with Crippen molar-refractivity contribution in [2.24, 2.45) is 0 Å². The van der Waals surface area contributed by atoms with Gasteiger partial charge in [0, 0.05) is 28.8 Å². The zero-order valence-corrected chi connectivity index (χ0v) is 14.6. The van der Waals surface area contributed by atoms with E-state index in [0.717, 1.165) is 4.90 Å². The summed E-state index contributed by atoms with van der Waals surface area (Å²) in [5, 5.41) is 2.69. The topological polar surface area (TPSA) is 47.6 Å². The summed E-state index contributed by atoms with van der Waals surface area (Å²) in [7, 11) is 3.16. The zero-order valence-electron chi connectivity index (χ0n) is 13.8. The Hall–Kier alpha value is -2.14. The number of carbonyl (C=O) groups excluding carboxylic acids is 1. The fraction of sp³-hybridized carbons (Fsp3) is 0.278. The molecule has 0 aliphatic heterocycles. The quantitative estimate of drug-likeness (QED) is 0.809. The standard InChI is InChI=1S/C18H21NO3S/c1-12-5-7-17(8-6-12)23-13(2)18(20)19-14-9-15(21-3)11-16(10-14)22-4/h5-11,13H,1-4H3,(H,19,20)/t13-/m1/s1. The largest absolute Gasteiger partial charge is 0.497 e. The molecule has 2 aromatic rings. The van der Waals surface area contributed by atoms with Crippen molar-refractivity contribution in [3.8, 4) is 11.5 Å². The van der Waals surface area contributed by atoms with Crippen molar-refractivity contribution in [3.63, 3.8) is 0 Å². The highest BCUT2D eigenvalue weighted by atomic mass is 32.2. The number of hydrogen-bond donors (Lipinski definition) is 1. The smallest absolute Gasteiger partial charge is 0.237 e. The Kier molecular flexibility index (Phi) is 5.93. The summed E-state index contributed by atoms with van der Waals surface area (Å²) in [5.74, 6) is 1.21. The van der Waals surface area contributed by atoms with Crippen molar-refractivity contribution < 1.29 is 14.3 Å². The molecule has 1 atom stereocenters. The molecule has 0 aliphatic carbocycles. The fourth-order valence-electron chi connectivity index (χ4n) is 2.00. The van der Waals surface area contributed by atoms with Crippen LogP contribution in [0.4, 0.5) is 5.69 Å². The number of carbonyl (C=O) groups is 1. The van der Waals surface area contributed by atoms with Crippen LogP contribution in [0.3, 0.4) is 0 Å². The molecule has 0 fully saturated rings. The molecule has 122 valence electrons. The molecule has 0 bridgehead atoms. The number of methoxy groups -OCH3 is 2. The number of aryl methyl sites for hydroxylation is 1. The summed E-state index contributed by atoms with van der Waals surface area (Å²) >= 11 is 1.52. The monoisotopic (exact) mass is 331 g/mol. The number of rotatable bonds is 6. The number of amides is 1. The van der Waals surface area contributed by atoms with Crippen LogP contribution in [0.5, 0.6) is 11.5 Å². The maximum Gasteiger partial charge on any atom is 0.237 e. The van der Waals surface area contributed by atoms with E-state index in [9.17, 15) is 4.79 Å². The van der Waals surface area contributed by atoms with Crippen molar-refractivity contribution in [2.75, 3.05) is 19.5 Å². The van der Waals surface area contributed by atoms with Gasteiger partial charge in [0.05, 0.1) is 19.5 Å². The molecule has 0 aliphatic rings. The van der Waals surface area contributed by atoms with E-state index in [1.165, 1.54) is 17.3 Å². The number of hydrogen-bond acceptors (Lipinski definition) is 4. The molecule has 1 N–H and O–H groups in total. The van der Waals surface area contributed by atoms with Gasteiger partial charge in [0.1, 0.15) is 11.5 Å². The van der Waals surface area contributed by atoms with Crippen molar-refractivity contribution in [3.05, 3.63) is 48.0 Å². The molecule has 0 radical (unpaired) electrons. The fourth-order valence-corrected chi connectivity index (χ4v) is 2.87. The van der Waals surface area contributed by atoms with Crippen LogP contribution >= 0.6 is 11.8 Å². The predicted octanol–water partition coefficient (Wildman–Crippen LogP) is 4.13. The first kappa shape index (κ1) is 17.2. The van der Waals surface area contributed by atoms with Gasteiger partial charge < -0.3 is 14.8 Å². The number of ether oxygens (including phenoxy) is 2. The Morgan fingerprint density at radius 2 is 1.61 bits per heavy atom. The van der Waals surface area contributed by atoms with Crippen molar-refractivity contribution in [1.82, 2.24) is 0 Å². The molecular formula is C18H21NO3S. The first-order valence-electron chi connectivity index (χ1n) is 7.29. The second kappa shape index (κ2) is 7.92. The first-order chi connectivity index (χ1) is 11.0. The van der Waals surface area contributed by atoms with Crippen LogP contribution in [-0.2, 0) is 4.79 Å². The van der Waals surface area contributed by atoms with E-state index in [1.54, 1.807) is 32.4 Å². The van der Waals surface area contributed by atoms with E-state index in [1.807, 2.05) is 38.1 Å². The third kappa shape index (κ3) is 4.93. The van der Waals surface area contributed by atoms with Gasteiger partial charge in [-0.3, -0.25) is 4.79 Å². The highest BCUT2D eigenvalue weighted by molar-refractivity contribution is 8.00. The molecule has 5 heteroatoms. The summed E-state index contributed by atoms with van der Waals surface area (Å²) in [6.45, 7) is 3.93. The Morgan fingerprint density at radius 1 is 1.04 bits per heavy atom. The lowest BCUT2D eigenvalue weighted by molar-refractivity contribution is -0.115. The lowest BCUT2D eigenvalue weighted by Crippen LogP contribution is -2.22. The molecule has 0 unspecified atom stereocenters. The lowest BCUT2D eigenvalue weighted by Gasteiger charge is -2.14. The van der Waals surface area contributed by atoms with E-state index in [4.69, 9.17) is 9.47 Å². The summed E-state index contributed by atoms with van der Waals surface area (Å²) in [6, 6.07) is 13.4. The number of nitrogens with one attached hydrogen (secondary N) is 1.